The van der Waals surface area contributed by atoms with E-state index in [0.717, 1.165) is 31.0 Å². The molecule has 1 saturated carbocycles. The smallest absolute Gasteiger partial charge is 0.234 e. The second-order valence-corrected chi connectivity index (χ2v) is 6.44. The number of nitrogens with two attached hydrogens (primary N) is 1. The SMILES string of the molecule is CC(C)(C)Cc1noc(C2(CN)CCCC2)n1. The molecule has 0 unspecified atom stereocenters. The maximum absolute atomic E-state index is 5.91. The van der Waals surface area contributed by atoms with Crippen LogP contribution in [0.5, 0.6) is 0 Å². The van der Waals surface area contributed by atoms with E-state index in [1.807, 2.05) is 0 Å². The Balaban J connectivity index is 2.17. The van der Waals surface area contributed by atoms with Crippen LogP contribution < -0.4 is 5.73 Å². The summed E-state index contributed by atoms with van der Waals surface area (Å²) in [6.07, 6.45) is 5.45. The van der Waals surface area contributed by atoms with Gasteiger partial charge in [-0.3, -0.25) is 0 Å². The van der Waals surface area contributed by atoms with Crippen molar-refractivity contribution >= 4 is 0 Å². The van der Waals surface area contributed by atoms with Crippen LogP contribution in [0.25, 0.3) is 0 Å². The maximum Gasteiger partial charge on any atom is 0.234 e. The summed E-state index contributed by atoms with van der Waals surface area (Å²) >= 11 is 0. The lowest BCUT2D eigenvalue weighted by atomic mass is 9.86. The van der Waals surface area contributed by atoms with Gasteiger partial charge in [-0.15, -0.1) is 0 Å². The minimum absolute atomic E-state index is 0.0386. The Morgan fingerprint density at radius 1 is 1.29 bits per heavy atom. The highest BCUT2D eigenvalue weighted by molar-refractivity contribution is 5.09. The number of nitrogens with zero attached hydrogens (tertiary/aromatic N) is 2. The summed E-state index contributed by atoms with van der Waals surface area (Å²) < 4.78 is 5.45. The van der Waals surface area contributed by atoms with Crippen molar-refractivity contribution in [3.8, 4) is 0 Å². The number of rotatable bonds is 3. The highest BCUT2D eigenvalue weighted by Crippen LogP contribution is 2.39. The van der Waals surface area contributed by atoms with Gasteiger partial charge in [-0.25, -0.2) is 0 Å². The average Bonchev–Trinajstić information content (AvgIpc) is 2.83. The Kier molecular flexibility index (Phi) is 3.25. The molecule has 4 nitrogen and oxygen atoms in total. The van der Waals surface area contributed by atoms with E-state index in [1.165, 1.54) is 12.8 Å². The molecule has 0 atom stereocenters. The Morgan fingerprint density at radius 2 is 1.94 bits per heavy atom. The van der Waals surface area contributed by atoms with Gasteiger partial charge >= 0.3 is 0 Å². The molecule has 1 heterocycles. The third-order valence-corrected chi connectivity index (χ3v) is 3.56. The second kappa shape index (κ2) is 4.41. The highest BCUT2D eigenvalue weighted by Gasteiger charge is 2.39. The largest absolute Gasteiger partial charge is 0.339 e. The summed E-state index contributed by atoms with van der Waals surface area (Å²) in [6, 6.07) is 0. The molecule has 1 aliphatic carbocycles. The van der Waals surface area contributed by atoms with Gasteiger partial charge in [-0.05, 0) is 18.3 Å². The molecule has 0 aliphatic heterocycles. The van der Waals surface area contributed by atoms with Crippen molar-refractivity contribution < 1.29 is 4.52 Å². The zero-order valence-corrected chi connectivity index (χ0v) is 11.1. The Labute approximate surface area is 103 Å². The van der Waals surface area contributed by atoms with Crippen molar-refractivity contribution in [1.29, 1.82) is 0 Å². The molecule has 2 rings (SSSR count). The number of aromatic nitrogens is 2. The maximum atomic E-state index is 5.91. The molecular formula is C13H23N3O. The molecule has 2 N–H and O–H groups in total. The van der Waals surface area contributed by atoms with Crippen LogP contribution in [-0.2, 0) is 11.8 Å². The standard InChI is InChI=1S/C13H23N3O/c1-12(2,3)8-10-15-11(17-16-10)13(9-14)6-4-5-7-13/h4-9,14H2,1-3H3. The third kappa shape index (κ3) is 2.68. The topological polar surface area (TPSA) is 64.9 Å². The minimum atomic E-state index is -0.0386. The molecule has 4 heteroatoms. The normalized spacial score (nSPS) is 19.8. The predicted octanol–water partition coefficient (Wildman–Crippen LogP) is 2.43. The van der Waals surface area contributed by atoms with Gasteiger partial charge in [0.15, 0.2) is 5.82 Å². The second-order valence-electron chi connectivity index (χ2n) is 6.44. The van der Waals surface area contributed by atoms with Crippen LogP contribution in [0.15, 0.2) is 4.52 Å². The van der Waals surface area contributed by atoms with Gasteiger partial charge in [0.1, 0.15) is 0 Å². The van der Waals surface area contributed by atoms with Crippen molar-refractivity contribution in [1.82, 2.24) is 10.1 Å². The molecule has 1 fully saturated rings. The van der Waals surface area contributed by atoms with Crippen molar-refractivity contribution in [3.63, 3.8) is 0 Å². The first kappa shape index (κ1) is 12.6. The lowest BCUT2D eigenvalue weighted by Gasteiger charge is -2.21. The van der Waals surface area contributed by atoms with Crippen LogP contribution >= 0.6 is 0 Å². The monoisotopic (exact) mass is 237 g/mol. The minimum Gasteiger partial charge on any atom is -0.339 e. The summed E-state index contributed by atoms with van der Waals surface area (Å²) in [4.78, 5) is 4.56. The summed E-state index contributed by atoms with van der Waals surface area (Å²) in [6.45, 7) is 7.15. The summed E-state index contributed by atoms with van der Waals surface area (Å²) in [7, 11) is 0. The summed E-state index contributed by atoms with van der Waals surface area (Å²) in [5.41, 5.74) is 6.06. The van der Waals surface area contributed by atoms with Crippen LogP contribution in [0.2, 0.25) is 0 Å². The van der Waals surface area contributed by atoms with E-state index in [1.54, 1.807) is 0 Å². The summed E-state index contributed by atoms with van der Waals surface area (Å²) in [5, 5.41) is 4.10. The Morgan fingerprint density at radius 3 is 2.47 bits per heavy atom. The van der Waals surface area contributed by atoms with E-state index in [-0.39, 0.29) is 10.8 Å². The van der Waals surface area contributed by atoms with E-state index in [2.05, 4.69) is 30.9 Å². The fourth-order valence-electron chi connectivity index (χ4n) is 2.57. The molecule has 0 amide bonds. The van der Waals surface area contributed by atoms with Gasteiger partial charge < -0.3 is 10.3 Å². The first-order chi connectivity index (χ1) is 7.95. The van der Waals surface area contributed by atoms with E-state index in [4.69, 9.17) is 10.3 Å². The van der Waals surface area contributed by atoms with Crippen molar-refractivity contribution in [2.24, 2.45) is 11.1 Å². The van der Waals surface area contributed by atoms with Crippen molar-refractivity contribution in [3.05, 3.63) is 11.7 Å². The molecule has 17 heavy (non-hydrogen) atoms. The molecule has 0 radical (unpaired) electrons. The molecule has 1 aliphatic rings. The van der Waals surface area contributed by atoms with Crippen molar-refractivity contribution in [2.75, 3.05) is 6.54 Å². The fraction of sp³-hybridized carbons (Fsp3) is 0.846. The number of hydrogen-bond acceptors (Lipinski definition) is 4. The first-order valence-electron chi connectivity index (χ1n) is 6.48. The van der Waals surface area contributed by atoms with Crippen LogP contribution in [0.1, 0.15) is 58.2 Å². The van der Waals surface area contributed by atoms with Gasteiger partial charge in [0, 0.05) is 13.0 Å². The fourth-order valence-corrected chi connectivity index (χ4v) is 2.57. The molecule has 0 spiro atoms. The van der Waals surface area contributed by atoms with E-state index in [0.29, 0.717) is 6.54 Å². The third-order valence-electron chi connectivity index (χ3n) is 3.56. The van der Waals surface area contributed by atoms with E-state index < -0.39 is 0 Å². The zero-order valence-electron chi connectivity index (χ0n) is 11.1. The molecule has 96 valence electrons. The molecule has 0 saturated heterocycles. The van der Waals surface area contributed by atoms with Gasteiger partial charge in [-0.2, -0.15) is 4.98 Å². The summed E-state index contributed by atoms with van der Waals surface area (Å²) in [5.74, 6) is 1.57. The van der Waals surface area contributed by atoms with Crippen LogP contribution in [0, 0.1) is 5.41 Å². The van der Waals surface area contributed by atoms with Crippen LogP contribution in [0.3, 0.4) is 0 Å². The van der Waals surface area contributed by atoms with Gasteiger partial charge in [0.2, 0.25) is 5.89 Å². The van der Waals surface area contributed by atoms with E-state index in [9.17, 15) is 0 Å². The quantitative estimate of drug-likeness (QED) is 0.876. The first-order valence-corrected chi connectivity index (χ1v) is 6.48. The van der Waals surface area contributed by atoms with Crippen molar-refractivity contribution in [2.45, 2.75) is 58.3 Å². The lowest BCUT2D eigenvalue weighted by molar-refractivity contribution is 0.281. The Hall–Kier alpha value is -0.900. The molecular weight excluding hydrogens is 214 g/mol. The Bertz CT molecular complexity index is 372. The molecule has 0 aromatic carbocycles. The number of hydrogen-bond donors (Lipinski definition) is 1. The molecule has 1 aromatic heterocycles. The van der Waals surface area contributed by atoms with Gasteiger partial charge in [0.05, 0.1) is 5.41 Å². The van der Waals surface area contributed by atoms with Crippen LogP contribution in [-0.4, -0.2) is 16.7 Å². The van der Waals surface area contributed by atoms with Gasteiger partial charge in [0.25, 0.3) is 0 Å². The van der Waals surface area contributed by atoms with E-state index >= 15 is 0 Å². The zero-order chi connectivity index (χ0) is 12.5. The van der Waals surface area contributed by atoms with Crippen LogP contribution in [0.4, 0.5) is 0 Å². The average molecular weight is 237 g/mol. The van der Waals surface area contributed by atoms with Gasteiger partial charge in [-0.1, -0.05) is 38.8 Å². The predicted molar refractivity (Wildman–Crippen MR) is 66.7 cm³/mol. The molecule has 1 aromatic rings. The highest BCUT2D eigenvalue weighted by atomic mass is 16.5. The lowest BCUT2D eigenvalue weighted by Crippen LogP contribution is -2.32. The molecule has 0 bridgehead atoms.